The first-order chi connectivity index (χ1) is 14.4. The van der Waals surface area contributed by atoms with Gasteiger partial charge in [-0.05, 0) is 56.3 Å². The monoisotopic (exact) mass is 484 g/mol. The van der Waals surface area contributed by atoms with Crippen LogP contribution in [0.15, 0.2) is 47.6 Å². The van der Waals surface area contributed by atoms with Gasteiger partial charge in [0.1, 0.15) is 5.75 Å². The summed E-state index contributed by atoms with van der Waals surface area (Å²) in [6.07, 6.45) is -0.395. The summed E-state index contributed by atoms with van der Waals surface area (Å²) in [5, 5.41) is 13.5. The molecule has 1 heterocycles. The molecule has 0 radical (unpaired) electrons. The Kier molecular flexibility index (Phi) is 7.88. The van der Waals surface area contributed by atoms with E-state index in [0.717, 1.165) is 0 Å². The van der Waals surface area contributed by atoms with E-state index in [-0.39, 0.29) is 11.7 Å². The Morgan fingerprint density at radius 2 is 1.83 bits per heavy atom. The minimum absolute atomic E-state index is 0.147. The zero-order chi connectivity index (χ0) is 21.7. The van der Waals surface area contributed by atoms with Crippen LogP contribution in [0.5, 0.6) is 5.75 Å². The molecule has 0 aliphatic rings. The van der Waals surface area contributed by atoms with E-state index in [9.17, 15) is 4.79 Å². The van der Waals surface area contributed by atoms with Gasteiger partial charge in [-0.25, -0.2) is 0 Å². The maximum absolute atomic E-state index is 12.2. The molecule has 3 aromatic rings. The number of ether oxygens (including phenoxy) is 1. The van der Waals surface area contributed by atoms with Gasteiger partial charge in [-0.15, -0.1) is 10.2 Å². The summed E-state index contributed by atoms with van der Waals surface area (Å²) >= 11 is 19.3. The minimum atomic E-state index is -0.395. The molecular formula is C20H19Cl3N4O2S. The second-order valence-corrected chi connectivity index (χ2v) is 8.49. The number of nitrogens with one attached hydrogen (secondary N) is 1. The van der Waals surface area contributed by atoms with E-state index < -0.39 is 6.10 Å². The van der Waals surface area contributed by atoms with Crippen LogP contribution < -0.4 is 10.1 Å². The third-order valence-electron chi connectivity index (χ3n) is 4.08. The second-order valence-electron chi connectivity index (χ2n) is 6.26. The first-order valence-electron chi connectivity index (χ1n) is 9.10. The molecule has 1 unspecified atom stereocenters. The topological polar surface area (TPSA) is 69.0 Å². The molecule has 0 fully saturated rings. The Bertz CT molecular complexity index is 1030. The highest BCUT2D eigenvalue weighted by molar-refractivity contribution is 7.99. The van der Waals surface area contributed by atoms with Crippen LogP contribution in [0.2, 0.25) is 15.1 Å². The molecule has 3 rings (SSSR count). The quantitative estimate of drug-likeness (QED) is 0.389. The number of thioether (sulfide) groups is 1. The van der Waals surface area contributed by atoms with Gasteiger partial charge in [0.05, 0.1) is 10.8 Å². The second kappa shape index (κ2) is 10.4. The average molecular weight is 486 g/mol. The van der Waals surface area contributed by atoms with Crippen molar-refractivity contribution in [3.8, 4) is 5.75 Å². The summed E-state index contributed by atoms with van der Waals surface area (Å²) in [6, 6.07) is 12.0. The van der Waals surface area contributed by atoms with Crippen LogP contribution in [0.4, 0.5) is 5.69 Å². The van der Waals surface area contributed by atoms with E-state index >= 15 is 0 Å². The lowest BCUT2D eigenvalue weighted by atomic mass is 10.3. The maximum atomic E-state index is 12.2. The highest BCUT2D eigenvalue weighted by Gasteiger charge is 2.20. The molecule has 10 heteroatoms. The van der Waals surface area contributed by atoms with E-state index in [1.54, 1.807) is 42.5 Å². The summed E-state index contributed by atoms with van der Waals surface area (Å²) in [4.78, 5) is 12.2. The number of anilines is 1. The molecule has 30 heavy (non-hydrogen) atoms. The third-order valence-corrected chi connectivity index (χ3v) is 5.83. The minimum Gasteiger partial charge on any atom is -0.481 e. The number of amides is 1. The van der Waals surface area contributed by atoms with Gasteiger partial charge in [-0.1, -0.05) is 46.6 Å². The molecule has 6 nitrogen and oxygen atoms in total. The summed E-state index contributed by atoms with van der Waals surface area (Å²) in [7, 11) is 0. The molecule has 1 N–H and O–H groups in total. The van der Waals surface area contributed by atoms with Crippen LogP contribution in [0, 0.1) is 0 Å². The van der Waals surface area contributed by atoms with Crippen LogP contribution in [0.25, 0.3) is 0 Å². The molecule has 0 aliphatic carbocycles. The Morgan fingerprint density at radius 1 is 1.13 bits per heavy atom. The Balaban J connectivity index is 1.64. The van der Waals surface area contributed by atoms with E-state index in [2.05, 4.69) is 15.5 Å². The molecule has 2 aromatic carbocycles. The fourth-order valence-corrected chi connectivity index (χ4v) is 4.07. The molecule has 1 amide bonds. The Labute approximate surface area is 193 Å². The number of hydrogen-bond donors (Lipinski definition) is 1. The van der Waals surface area contributed by atoms with E-state index in [4.69, 9.17) is 39.5 Å². The van der Waals surface area contributed by atoms with Crippen LogP contribution >= 0.6 is 46.6 Å². The highest BCUT2D eigenvalue weighted by atomic mass is 35.5. The highest BCUT2D eigenvalue weighted by Crippen LogP contribution is 2.31. The molecule has 0 saturated carbocycles. The molecule has 158 valence electrons. The summed E-state index contributed by atoms with van der Waals surface area (Å²) in [5.74, 6) is 1.20. The zero-order valence-electron chi connectivity index (χ0n) is 16.2. The number of nitrogens with zero attached hydrogens (tertiary/aromatic N) is 3. The normalized spacial score (nSPS) is 11.9. The van der Waals surface area contributed by atoms with Gasteiger partial charge in [-0.3, -0.25) is 4.79 Å². The largest absolute Gasteiger partial charge is 0.481 e. The Hall–Kier alpha value is -1.93. The lowest BCUT2D eigenvalue weighted by Gasteiger charge is -2.16. The number of benzene rings is 2. The number of carbonyl (C=O) groups is 1. The first-order valence-corrected chi connectivity index (χ1v) is 11.2. The number of hydrogen-bond acceptors (Lipinski definition) is 5. The predicted molar refractivity (Wildman–Crippen MR) is 122 cm³/mol. The van der Waals surface area contributed by atoms with Crippen molar-refractivity contribution < 1.29 is 9.53 Å². The van der Waals surface area contributed by atoms with Crippen molar-refractivity contribution >= 4 is 58.2 Å². The van der Waals surface area contributed by atoms with Gasteiger partial charge >= 0.3 is 0 Å². The molecule has 1 atom stereocenters. The Morgan fingerprint density at radius 3 is 2.50 bits per heavy atom. The van der Waals surface area contributed by atoms with Crippen LogP contribution in [-0.4, -0.2) is 26.4 Å². The fourth-order valence-electron chi connectivity index (χ4n) is 2.68. The van der Waals surface area contributed by atoms with Crippen molar-refractivity contribution in [2.75, 3.05) is 11.1 Å². The molecule has 0 bridgehead atoms. The van der Waals surface area contributed by atoms with Crippen LogP contribution in [-0.2, 0) is 11.3 Å². The summed E-state index contributed by atoms with van der Waals surface area (Å²) in [6.45, 7) is 4.47. The van der Waals surface area contributed by atoms with Gasteiger partial charge in [0.15, 0.2) is 17.1 Å². The van der Waals surface area contributed by atoms with Gasteiger partial charge in [-0.2, -0.15) is 0 Å². The van der Waals surface area contributed by atoms with E-state index in [1.807, 2.05) is 18.4 Å². The lowest BCUT2D eigenvalue weighted by Crippen LogP contribution is -2.15. The molecule has 0 aliphatic heterocycles. The van der Waals surface area contributed by atoms with Gasteiger partial charge in [0, 0.05) is 22.3 Å². The van der Waals surface area contributed by atoms with Crippen LogP contribution in [0.3, 0.4) is 0 Å². The summed E-state index contributed by atoms with van der Waals surface area (Å²) < 4.78 is 7.85. The maximum Gasteiger partial charge on any atom is 0.234 e. The number of carbonyl (C=O) groups excluding carboxylic acids is 1. The van der Waals surface area contributed by atoms with Gasteiger partial charge in [0.25, 0.3) is 0 Å². The number of aromatic nitrogens is 3. The smallest absolute Gasteiger partial charge is 0.234 e. The van der Waals surface area contributed by atoms with Crippen molar-refractivity contribution in [3.05, 3.63) is 63.4 Å². The zero-order valence-corrected chi connectivity index (χ0v) is 19.3. The predicted octanol–water partition coefficient (Wildman–Crippen LogP) is 6.13. The van der Waals surface area contributed by atoms with E-state index in [1.165, 1.54) is 11.8 Å². The summed E-state index contributed by atoms with van der Waals surface area (Å²) in [5.41, 5.74) is 0.685. The standard InChI is InChI=1S/C20H19Cl3N4O2S/c1-3-27-19(12(2)29-17-9-6-14(22)10-16(17)23)25-26-20(27)30-11-18(28)24-15-7-4-13(21)5-8-15/h4-10,12H,3,11H2,1-2H3,(H,24,28). The van der Waals surface area contributed by atoms with Gasteiger partial charge < -0.3 is 14.6 Å². The first kappa shape index (κ1) is 22.7. The van der Waals surface area contributed by atoms with Crippen LogP contribution in [0.1, 0.15) is 25.8 Å². The molecular weight excluding hydrogens is 467 g/mol. The fraction of sp³-hybridized carbons (Fsp3) is 0.250. The van der Waals surface area contributed by atoms with Crippen molar-refractivity contribution in [2.45, 2.75) is 31.7 Å². The number of halogens is 3. The molecule has 1 aromatic heterocycles. The van der Waals surface area contributed by atoms with Crippen molar-refractivity contribution in [1.29, 1.82) is 0 Å². The van der Waals surface area contributed by atoms with Crippen molar-refractivity contribution in [3.63, 3.8) is 0 Å². The van der Waals surface area contributed by atoms with Gasteiger partial charge in [0.2, 0.25) is 5.91 Å². The van der Waals surface area contributed by atoms with E-state index in [0.29, 0.717) is 44.0 Å². The SMILES string of the molecule is CCn1c(SCC(=O)Nc2ccc(Cl)cc2)nnc1C(C)Oc1ccc(Cl)cc1Cl. The van der Waals surface area contributed by atoms with Crippen molar-refractivity contribution in [1.82, 2.24) is 14.8 Å². The van der Waals surface area contributed by atoms with Crippen molar-refractivity contribution in [2.24, 2.45) is 0 Å². The third kappa shape index (κ3) is 5.82. The lowest BCUT2D eigenvalue weighted by molar-refractivity contribution is -0.113. The molecule has 0 spiro atoms. The number of rotatable bonds is 8. The average Bonchev–Trinajstić information content (AvgIpc) is 3.13. The molecule has 0 saturated heterocycles.